The van der Waals surface area contributed by atoms with Crippen LogP contribution in [0.1, 0.15) is 20.8 Å². The molecule has 27 nitrogen and oxygen atoms in total. The number of rotatable bonds is 14. The lowest BCUT2D eigenvalue weighted by atomic mass is 9.94. The van der Waals surface area contributed by atoms with Crippen LogP contribution in [-0.4, -0.2) is 263 Å². The summed E-state index contributed by atoms with van der Waals surface area (Å²) in [5.74, 6) is -1.52. The molecular weight excluding hydrogens is 836 g/mol. The minimum atomic E-state index is -2.02. The van der Waals surface area contributed by atoms with Gasteiger partial charge in [-0.25, -0.2) is 0 Å². The van der Waals surface area contributed by atoms with E-state index in [9.17, 15) is 81.1 Å². The highest BCUT2D eigenvalue weighted by Gasteiger charge is 2.56. The Kier molecular flexibility index (Phi) is 17.5. The molecule has 0 saturated carbocycles. The minimum Gasteiger partial charge on any atom is -0.394 e. The molecule has 61 heavy (non-hydrogen) atoms. The maximum Gasteiger partial charge on any atom is 0.217 e. The van der Waals surface area contributed by atoms with Crippen molar-refractivity contribution in [1.29, 1.82) is 0 Å². The molecule has 1 unspecified atom stereocenters. The molecule has 5 fully saturated rings. The molecule has 0 radical (unpaired) electrons. The quantitative estimate of drug-likeness (QED) is 0.0770. The van der Waals surface area contributed by atoms with Crippen molar-refractivity contribution in [3.63, 3.8) is 0 Å². The molecule has 5 aliphatic rings. The Balaban J connectivity index is 1.39. The van der Waals surface area contributed by atoms with Gasteiger partial charge in [0.2, 0.25) is 11.8 Å². The Morgan fingerprint density at radius 1 is 0.459 bits per heavy atom. The zero-order valence-corrected chi connectivity index (χ0v) is 33.0. The largest absolute Gasteiger partial charge is 0.394 e. The number of aliphatic hydroxyl groups excluding tert-OH is 14. The van der Waals surface area contributed by atoms with E-state index >= 15 is 0 Å². The first-order chi connectivity index (χ1) is 28.7. The van der Waals surface area contributed by atoms with Gasteiger partial charge in [-0.1, -0.05) is 0 Å². The average molecular weight is 895 g/mol. The molecule has 0 aromatic rings. The fourth-order valence-corrected chi connectivity index (χ4v) is 7.65. The van der Waals surface area contributed by atoms with Crippen molar-refractivity contribution < 1.29 is 124 Å². The summed E-state index contributed by atoms with van der Waals surface area (Å²) in [6.07, 6.45) is -40.5. The third-order valence-electron chi connectivity index (χ3n) is 11.1. The fourth-order valence-electron chi connectivity index (χ4n) is 7.65. The maximum atomic E-state index is 12.4. The van der Waals surface area contributed by atoms with E-state index in [2.05, 4.69) is 10.6 Å². The fraction of sp³-hybridized carbons (Fsp3) is 0.941. The van der Waals surface area contributed by atoms with Crippen LogP contribution in [0.15, 0.2) is 0 Å². The zero-order chi connectivity index (χ0) is 45.2. The highest BCUT2D eigenvalue weighted by molar-refractivity contribution is 5.73. The number of aliphatic hydroxyl groups is 14. The summed E-state index contributed by atoms with van der Waals surface area (Å²) in [7, 11) is 0. The Hall–Kier alpha value is -1.98. The molecule has 0 bridgehead atoms. The molecule has 0 spiro atoms. The second kappa shape index (κ2) is 21.3. The number of carbonyl (C=O) groups excluding carboxylic acids is 2. The van der Waals surface area contributed by atoms with Crippen molar-refractivity contribution in [2.75, 3.05) is 26.4 Å². The minimum absolute atomic E-state index is 0.751. The summed E-state index contributed by atoms with van der Waals surface area (Å²) in [5, 5.41) is 152. The molecule has 5 rings (SSSR count). The zero-order valence-electron chi connectivity index (χ0n) is 33.0. The molecular formula is C34H58N2O25. The summed E-state index contributed by atoms with van der Waals surface area (Å²) in [6, 6.07) is -3.19. The van der Waals surface area contributed by atoms with Crippen LogP contribution in [0.2, 0.25) is 0 Å². The predicted octanol–water partition coefficient (Wildman–Crippen LogP) is -10.6. The van der Waals surface area contributed by atoms with E-state index in [4.69, 9.17) is 42.6 Å². The van der Waals surface area contributed by atoms with Crippen LogP contribution in [-0.2, 0) is 52.2 Å². The SMILES string of the molecule is CC(=O)N[C@H]1[C@H](OC[C@H]2OC(O)[C@H](NC(C)=O)[C@@H](O[C@@H]3O[C@H](CO)[C@H](O)[C@H](O)[C@H]3O[C@@H]3O[C@@H](C)[C@@H](O)[C@@H](O)[C@@H]3O)[C@H]2O)O[C@H](CO)[C@@H](O)[C@@H]1O[C@@H]1O[C@H](CO)[C@H](O)[C@H](O)[C@H]1O. The Morgan fingerprint density at radius 2 is 0.885 bits per heavy atom. The molecule has 25 atom stereocenters. The number of ether oxygens (including phenoxy) is 9. The van der Waals surface area contributed by atoms with Crippen LogP contribution >= 0.6 is 0 Å². The van der Waals surface area contributed by atoms with Gasteiger partial charge in [-0.2, -0.15) is 0 Å². The van der Waals surface area contributed by atoms with E-state index in [1.807, 2.05) is 0 Å². The van der Waals surface area contributed by atoms with Crippen molar-refractivity contribution in [3.8, 4) is 0 Å². The molecule has 5 saturated heterocycles. The lowest BCUT2D eigenvalue weighted by Gasteiger charge is -2.49. The number of amides is 2. The summed E-state index contributed by atoms with van der Waals surface area (Å²) in [6.45, 7) is 0.0398. The highest BCUT2D eigenvalue weighted by atomic mass is 16.8. The second-order valence-corrected chi connectivity index (χ2v) is 15.4. The summed E-state index contributed by atoms with van der Waals surface area (Å²) in [5.41, 5.74) is 0. The number of hydrogen-bond acceptors (Lipinski definition) is 25. The summed E-state index contributed by atoms with van der Waals surface area (Å²) >= 11 is 0. The van der Waals surface area contributed by atoms with Crippen molar-refractivity contribution in [2.24, 2.45) is 0 Å². The van der Waals surface area contributed by atoms with Crippen molar-refractivity contribution in [3.05, 3.63) is 0 Å². The van der Waals surface area contributed by atoms with Gasteiger partial charge in [0, 0.05) is 13.8 Å². The van der Waals surface area contributed by atoms with Crippen LogP contribution in [0.3, 0.4) is 0 Å². The topological polar surface area (TPSA) is 424 Å². The third kappa shape index (κ3) is 10.9. The second-order valence-electron chi connectivity index (χ2n) is 15.4. The summed E-state index contributed by atoms with van der Waals surface area (Å²) < 4.78 is 51.2. The molecule has 0 aromatic carbocycles. The van der Waals surface area contributed by atoms with Crippen molar-refractivity contribution in [2.45, 2.75) is 174 Å². The monoisotopic (exact) mass is 894 g/mol. The molecule has 5 heterocycles. The van der Waals surface area contributed by atoms with Gasteiger partial charge < -0.3 is 125 Å². The van der Waals surface area contributed by atoms with Gasteiger partial charge in [0.15, 0.2) is 31.5 Å². The van der Waals surface area contributed by atoms with Gasteiger partial charge in [-0.15, -0.1) is 0 Å². The normalized spacial score (nSPS) is 49.6. The van der Waals surface area contributed by atoms with Crippen LogP contribution in [0, 0.1) is 0 Å². The lowest BCUT2D eigenvalue weighted by molar-refractivity contribution is -0.381. The Bertz CT molecular complexity index is 1420. The smallest absolute Gasteiger partial charge is 0.217 e. The number of carbonyl (C=O) groups is 2. The van der Waals surface area contributed by atoms with Crippen LogP contribution in [0.5, 0.6) is 0 Å². The first-order valence-electron chi connectivity index (χ1n) is 19.4. The molecule has 354 valence electrons. The highest BCUT2D eigenvalue weighted by Crippen LogP contribution is 2.34. The Labute approximate surface area is 346 Å². The standard InChI is InChI=1S/C34H58N2O25/c1-8-17(42)22(47)25(50)32(54-8)61-29-24(49)19(44)12(5-38)58-34(29)60-27-15(35-9(2)40)30(52)55-14(21(27)46)7-53-31-16(36-10(3)41)28(20(45)13(6-39)56-31)59-33-26(51)23(48)18(43)11(4-37)57-33/h8,11-34,37-39,42-52H,4-7H2,1-3H3,(H,35,40)(H,36,41)/t8-,11+,12+,13+,14+,15+,16+,17+,18-,19-,20+,21-,22+,23-,24-,25-,26+,27+,28+,29+,30?,31+,32-,33-,34-/m0/s1. The molecule has 27 heteroatoms. The first kappa shape index (κ1) is 50.0. The van der Waals surface area contributed by atoms with Crippen molar-refractivity contribution >= 4 is 11.8 Å². The molecule has 16 N–H and O–H groups in total. The maximum absolute atomic E-state index is 12.4. The van der Waals surface area contributed by atoms with Gasteiger partial charge in [0.1, 0.15) is 116 Å². The molecule has 2 amide bonds. The summed E-state index contributed by atoms with van der Waals surface area (Å²) in [4.78, 5) is 24.7. The van der Waals surface area contributed by atoms with E-state index < -0.39 is 192 Å². The van der Waals surface area contributed by atoms with E-state index in [1.54, 1.807) is 0 Å². The molecule has 0 aliphatic carbocycles. The van der Waals surface area contributed by atoms with E-state index in [-0.39, 0.29) is 0 Å². The number of hydrogen-bond donors (Lipinski definition) is 16. The van der Waals surface area contributed by atoms with Crippen LogP contribution in [0.4, 0.5) is 0 Å². The van der Waals surface area contributed by atoms with Gasteiger partial charge in [-0.05, 0) is 6.92 Å². The predicted molar refractivity (Wildman–Crippen MR) is 188 cm³/mol. The molecule has 0 aromatic heterocycles. The van der Waals surface area contributed by atoms with Gasteiger partial charge in [-0.3, -0.25) is 9.59 Å². The average Bonchev–Trinajstić information content (AvgIpc) is 3.21. The van der Waals surface area contributed by atoms with Gasteiger partial charge >= 0.3 is 0 Å². The number of nitrogens with one attached hydrogen (secondary N) is 2. The third-order valence-corrected chi connectivity index (χ3v) is 11.1. The molecule has 5 aliphatic heterocycles. The van der Waals surface area contributed by atoms with Gasteiger partial charge in [0.05, 0.1) is 32.5 Å². The first-order valence-corrected chi connectivity index (χ1v) is 19.4. The van der Waals surface area contributed by atoms with Crippen LogP contribution < -0.4 is 10.6 Å². The van der Waals surface area contributed by atoms with E-state index in [0.29, 0.717) is 0 Å². The van der Waals surface area contributed by atoms with Crippen molar-refractivity contribution in [1.82, 2.24) is 10.6 Å². The van der Waals surface area contributed by atoms with E-state index in [0.717, 1.165) is 13.8 Å². The Morgan fingerprint density at radius 3 is 1.46 bits per heavy atom. The lowest BCUT2D eigenvalue weighted by Crippen LogP contribution is -2.69. The van der Waals surface area contributed by atoms with E-state index in [1.165, 1.54) is 6.92 Å². The van der Waals surface area contributed by atoms with Gasteiger partial charge in [0.25, 0.3) is 0 Å². The van der Waals surface area contributed by atoms with Crippen LogP contribution in [0.25, 0.3) is 0 Å².